The van der Waals surface area contributed by atoms with Gasteiger partial charge in [-0.1, -0.05) is 121 Å². The number of hydrogen-bond donors (Lipinski definition) is 0. The van der Waals surface area contributed by atoms with Crippen LogP contribution in [0.4, 0.5) is 0 Å². The third-order valence-corrected chi connectivity index (χ3v) is 12.7. The first-order valence-corrected chi connectivity index (χ1v) is 21.3. The van der Waals surface area contributed by atoms with Crippen molar-refractivity contribution in [3.63, 3.8) is 0 Å². The number of aromatic nitrogens is 4. The van der Waals surface area contributed by atoms with Crippen LogP contribution in [0.25, 0.3) is 110 Å². The quantitative estimate of drug-likeness (QED) is 0.169. The van der Waals surface area contributed by atoms with Crippen LogP contribution in [-0.4, -0.2) is 18.3 Å². The molecule has 10 aromatic carbocycles. The summed E-state index contributed by atoms with van der Waals surface area (Å²) in [6, 6.07) is 84.5. The molecule has 4 heteroatoms. The molecule has 4 nitrogen and oxygen atoms in total. The molecule has 0 amide bonds. The Morgan fingerprint density at radius 2 is 0.694 bits per heavy atom. The molecule has 0 N–H and O–H groups in total. The molecular formula is C58H38N4. The lowest BCUT2D eigenvalue weighted by Gasteiger charge is -2.15. The molecule has 0 aliphatic heterocycles. The Balaban J connectivity index is 1.22. The third kappa shape index (κ3) is 5.20. The molecule has 0 fully saturated rings. The second-order valence-electron chi connectivity index (χ2n) is 16.2. The van der Waals surface area contributed by atoms with E-state index >= 15 is 0 Å². The number of nitrogens with zero attached hydrogens (tertiary/aromatic N) is 4. The summed E-state index contributed by atoms with van der Waals surface area (Å²) < 4.78 is 9.73. The van der Waals surface area contributed by atoms with Gasteiger partial charge in [0.15, 0.2) is 0 Å². The van der Waals surface area contributed by atoms with Gasteiger partial charge in [0.2, 0.25) is 0 Å². The molecule has 0 atom stereocenters. The molecule has 0 radical (unpaired) electrons. The maximum atomic E-state index is 2.48. The summed E-state index contributed by atoms with van der Waals surface area (Å²) in [5, 5.41) is 9.55. The molecule has 290 valence electrons. The fourth-order valence-electron chi connectivity index (χ4n) is 10.1. The van der Waals surface area contributed by atoms with Crippen LogP contribution in [-0.2, 0) is 0 Å². The first-order valence-electron chi connectivity index (χ1n) is 21.3. The zero-order chi connectivity index (χ0) is 40.7. The second kappa shape index (κ2) is 13.6. The van der Waals surface area contributed by atoms with Gasteiger partial charge in [-0.2, -0.15) is 0 Å². The first kappa shape index (κ1) is 34.5. The van der Waals surface area contributed by atoms with Crippen LogP contribution in [0.2, 0.25) is 0 Å². The van der Waals surface area contributed by atoms with Crippen LogP contribution < -0.4 is 0 Å². The van der Waals surface area contributed by atoms with Crippen molar-refractivity contribution in [3.05, 3.63) is 231 Å². The van der Waals surface area contributed by atoms with Crippen LogP contribution in [0.3, 0.4) is 0 Å². The van der Waals surface area contributed by atoms with E-state index in [2.05, 4.69) is 249 Å². The van der Waals surface area contributed by atoms with E-state index in [-0.39, 0.29) is 0 Å². The average Bonchev–Trinajstić information content (AvgIpc) is 3.85. The van der Waals surface area contributed by atoms with Crippen LogP contribution >= 0.6 is 0 Å². The van der Waals surface area contributed by atoms with Crippen molar-refractivity contribution in [3.8, 4) is 22.7 Å². The van der Waals surface area contributed by atoms with Gasteiger partial charge in [0, 0.05) is 60.4 Å². The fourth-order valence-corrected chi connectivity index (χ4v) is 10.1. The molecule has 8 bridgehead atoms. The Hall–Kier alpha value is -8.34. The Kier molecular flexibility index (Phi) is 7.57. The maximum Gasteiger partial charge on any atom is 0.0562 e. The average molecular weight is 791 g/mol. The monoisotopic (exact) mass is 790 g/mol. The number of benzene rings is 10. The van der Waals surface area contributed by atoms with Crippen LogP contribution in [0, 0.1) is 0 Å². The van der Waals surface area contributed by atoms with Gasteiger partial charge in [-0.05, 0) is 125 Å². The summed E-state index contributed by atoms with van der Waals surface area (Å²) in [4.78, 5) is 0. The summed E-state index contributed by atoms with van der Waals surface area (Å²) in [5.74, 6) is 0. The Labute approximate surface area is 357 Å². The summed E-state index contributed by atoms with van der Waals surface area (Å²) in [5.41, 5.74) is 13.6. The van der Waals surface area contributed by atoms with E-state index in [1.54, 1.807) is 0 Å². The van der Waals surface area contributed by atoms with E-state index in [4.69, 9.17) is 0 Å². The van der Waals surface area contributed by atoms with E-state index in [0.717, 1.165) is 66.5 Å². The highest BCUT2D eigenvalue weighted by Crippen LogP contribution is 2.40. The molecule has 0 spiro atoms. The molecule has 13 aromatic rings. The SMILES string of the molecule is c1ccc(-n2c3cccc(c3)c3cccc(c3)n(-c3cccc4c3c3ccccc3n4-c3cccc4ccccc34)c3ccc4c(c3)c3cc2ccc3n4-c2ccccc2)cc1. The molecule has 0 saturated carbocycles. The molecule has 0 unspecified atom stereocenters. The molecule has 62 heavy (non-hydrogen) atoms. The predicted octanol–water partition coefficient (Wildman–Crippen LogP) is 15.2. The van der Waals surface area contributed by atoms with E-state index in [0.29, 0.717) is 0 Å². The van der Waals surface area contributed by atoms with Gasteiger partial charge in [0.1, 0.15) is 0 Å². The first-order chi connectivity index (χ1) is 30.8. The van der Waals surface area contributed by atoms with Gasteiger partial charge in [0.05, 0.1) is 33.4 Å². The van der Waals surface area contributed by atoms with E-state index < -0.39 is 0 Å². The minimum absolute atomic E-state index is 1.09. The fraction of sp³-hybridized carbons (Fsp3) is 0. The van der Waals surface area contributed by atoms with E-state index in [1.165, 1.54) is 43.5 Å². The molecule has 13 rings (SSSR count). The Morgan fingerprint density at radius 1 is 0.226 bits per heavy atom. The number of rotatable bonds is 4. The van der Waals surface area contributed by atoms with Crippen molar-refractivity contribution < 1.29 is 0 Å². The van der Waals surface area contributed by atoms with E-state index in [9.17, 15) is 0 Å². The highest BCUT2D eigenvalue weighted by atomic mass is 15.0. The lowest BCUT2D eigenvalue weighted by molar-refractivity contribution is 1.15. The zero-order valence-corrected chi connectivity index (χ0v) is 33.7. The number of hydrogen-bond acceptors (Lipinski definition) is 0. The van der Waals surface area contributed by atoms with Crippen LogP contribution in [0.15, 0.2) is 231 Å². The minimum Gasteiger partial charge on any atom is -0.310 e. The molecule has 0 aliphatic carbocycles. The Bertz CT molecular complexity index is 3970. The predicted molar refractivity (Wildman–Crippen MR) is 261 cm³/mol. The number of para-hydroxylation sites is 3. The second-order valence-corrected chi connectivity index (χ2v) is 16.2. The number of fused-ring (bicyclic) bond motifs is 11. The molecule has 0 saturated heterocycles. The highest BCUT2D eigenvalue weighted by molar-refractivity contribution is 6.16. The van der Waals surface area contributed by atoms with Crippen molar-refractivity contribution in [1.29, 1.82) is 0 Å². The van der Waals surface area contributed by atoms with Crippen molar-refractivity contribution in [2.75, 3.05) is 0 Å². The lowest BCUT2D eigenvalue weighted by Crippen LogP contribution is -1.99. The normalized spacial score (nSPS) is 11.9. The lowest BCUT2D eigenvalue weighted by atomic mass is 10.1. The third-order valence-electron chi connectivity index (χ3n) is 12.7. The van der Waals surface area contributed by atoms with E-state index in [1.807, 2.05) is 0 Å². The minimum atomic E-state index is 1.09. The van der Waals surface area contributed by atoms with Gasteiger partial charge in [-0.3, -0.25) is 0 Å². The van der Waals surface area contributed by atoms with Crippen molar-refractivity contribution in [1.82, 2.24) is 18.3 Å². The summed E-state index contributed by atoms with van der Waals surface area (Å²) >= 11 is 0. The van der Waals surface area contributed by atoms with Gasteiger partial charge in [0.25, 0.3) is 0 Å². The molecule has 3 heterocycles. The zero-order valence-electron chi connectivity index (χ0n) is 33.7. The largest absolute Gasteiger partial charge is 0.310 e. The maximum absolute atomic E-state index is 2.48. The van der Waals surface area contributed by atoms with Crippen molar-refractivity contribution in [2.24, 2.45) is 0 Å². The summed E-state index contributed by atoms with van der Waals surface area (Å²) in [6.45, 7) is 0. The molecule has 0 aliphatic rings. The van der Waals surface area contributed by atoms with Gasteiger partial charge in [-0.25, -0.2) is 0 Å². The topological polar surface area (TPSA) is 19.7 Å². The van der Waals surface area contributed by atoms with Crippen molar-refractivity contribution in [2.45, 2.75) is 0 Å². The summed E-state index contributed by atoms with van der Waals surface area (Å²) in [7, 11) is 0. The van der Waals surface area contributed by atoms with Crippen LogP contribution in [0.5, 0.6) is 0 Å². The molecular weight excluding hydrogens is 753 g/mol. The standard InChI is InChI=1S/C58H38N4/c1-3-19-42(20-4-1)59-44-23-11-17-40(35-44)41-18-12-24-45(36-41)60(47-32-34-55-51(38-47)50-37-46(59)31-33-54(50)61(55)43-21-5-2-6-22-43)56-29-14-30-57-58(56)49-26-9-10-27-53(49)62(57)52-28-13-16-39-15-7-8-25-48(39)52/h1-38H. The smallest absolute Gasteiger partial charge is 0.0562 e. The molecule has 3 aromatic heterocycles. The van der Waals surface area contributed by atoms with Gasteiger partial charge in [-0.15, -0.1) is 0 Å². The Morgan fingerprint density at radius 3 is 1.40 bits per heavy atom. The highest BCUT2D eigenvalue weighted by Gasteiger charge is 2.19. The van der Waals surface area contributed by atoms with Crippen LogP contribution in [0.1, 0.15) is 0 Å². The van der Waals surface area contributed by atoms with Gasteiger partial charge >= 0.3 is 0 Å². The summed E-state index contributed by atoms with van der Waals surface area (Å²) in [6.07, 6.45) is 0. The van der Waals surface area contributed by atoms with Crippen molar-refractivity contribution >= 4 is 87.2 Å². The van der Waals surface area contributed by atoms with Gasteiger partial charge < -0.3 is 18.3 Å².